The van der Waals surface area contributed by atoms with Gasteiger partial charge in [0.15, 0.2) is 29.0 Å². The van der Waals surface area contributed by atoms with Crippen molar-refractivity contribution in [3.8, 4) is 5.75 Å². The maximum atomic E-state index is 13.8. The Labute approximate surface area is 153 Å². The van der Waals surface area contributed by atoms with E-state index in [0.717, 1.165) is 17.2 Å². The number of nitrogens with zero attached hydrogens (tertiary/aromatic N) is 1. The molecule has 4 nitrogen and oxygen atoms in total. The monoisotopic (exact) mass is 372 g/mol. The fourth-order valence-electron chi connectivity index (χ4n) is 2.40. The molecule has 0 bridgehead atoms. The van der Waals surface area contributed by atoms with E-state index in [4.69, 9.17) is 4.74 Å². The average Bonchev–Trinajstić information content (AvgIpc) is 2.66. The molecule has 0 fully saturated rings. The molecule has 3 aromatic rings. The molecule has 0 spiro atoms. The first-order valence-electron chi connectivity index (χ1n) is 8.04. The fourth-order valence-corrected chi connectivity index (χ4v) is 2.40. The molecule has 1 heterocycles. The van der Waals surface area contributed by atoms with E-state index < -0.39 is 28.9 Å². The van der Waals surface area contributed by atoms with Gasteiger partial charge in [-0.15, -0.1) is 0 Å². The molecule has 1 N–H and O–H groups in total. The lowest BCUT2D eigenvalue weighted by atomic mass is 10.1. The van der Waals surface area contributed by atoms with Crippen LogP contribution in [0, 0.1) is 24.4 Å². The van der Waals surface area contributed by atoms with Gasteiger partial charge in [-0.3, -0.25) is 4.79 Å². The van der Waals surface area contributed by atoms with Crippen molar-refractivity contribution in [3.63, 3.8) is 0 Å². The van der Waals surface area contributed by atoms with E-state index in [0.29, 0.717) is 6.07 Å². The molecule has 2 aromatic carbocycles. The van der Waals surface area contributed by atoms with Gasteiger partial charge in [-0.1, -0.05) is 24.3 Å². The second-order valence-electron chi connectivity index (χ2n) is 5.74. The van der Waals surface area contributed by atoms with Gasteiger partial charge in [-0.2, -0.15) is 0 Å². The number of amides is 1. The molecule has 0 aliphatic carbocycles. The zero-order valence-corrected chi connectivity index (χ0v) is 14.3. The van der Waals surface area contributed by atoms with Crippen LogP contribution in [-0.4, -0.2) is 10.9 Å². The summed E-state index contributed by atoms with van der Waals surface area (Å²) in [5, 5.41) is 2.36. The minimum Gasteiger partial charge on any atom is -0.485 e. The van der Waals surface area contributed by atoms with Crippen molar-refractivity contribution in [2.75, 3.05) is 5.32 Å². The van der Waals surface area contributed by atoms with Gasteiger partial charge < -0.3 is 10.1 Å². The molecule has 0 aliphatic rings. The second kappa shape index (κ2) is 7.90. The van der Waals surface area contributed by atoms with Gasteiger partial charge in [-0.05, 0) is 42.3 Å². The Morgan fingerprint density at radius 2 is 1.81 bits per heavy atom. The third kappa shape index (κ3) is 4.08. The summed E-state index contributed by atoms with van der Waals surface area (Å²) in [6, 6.07) is 12.4. The molecular formula is C20H15F3N2O2. The van der Waals surface area contributed by atoms with E-state index in [2.05, 4.69) is 10.3 Å². The Bertz CT molecular complexity index is 993. The van der Waals surface area contributed by atoms with Crippen LogP contribution in [0.3, 0.4) is 0 Å². The number of anilines is 1. The van der Waals surface area contributed by atoms with E-state index >= 15 is 0 Å². The molecule has 0 radical (unpaired) electrons. The second-order valence-corrected chi connectivity index (χ2v) is 5.74. The highest BCUT2D eigenvalue weighted by molar-refractivity contribution is 6.04. The van der Waals surface area contributed by atoms with Crippen molar-refractivity contribution in [2.45, 2.75) is 13.5 Å². The van der Waals surface area contributed by atoms with Crippen LogP contribution in [0.25, 0.3) is 0 Å². The van der Waals surface area contributed by atoms with Gasteiger partial charge in [-0.25, -0.2) is 18.2 Å². The minimum atomic E-state index is -1.71. The van der Waals surface area contributed by atoms with Crippen LogP contribution in [0.1, 0.15) is 21.5 Å². The maximum Gasteiger partial charge on any atom is 0.260 e. The van der Waals surface area contributed by atoms with Gasteiger partial charge in [0.05, 0.1) is 5.56 Å². The Morgan fingerprint density at radius 1 is 1.04 bits per heavy atom. The number of aromatic nitrogens is 1. The first-order valence-corrected chi connectivity index (χ1v) is 8.04. The molecule has 3 rings (SSSR count). The van der Waals surface area contributed by atoms with Gasteiger partial charge in [0.2, 0.25) is 0 Å². The number of halogens is 3. The van der Waals surface area contributed by atoms with Crippen molar-refractivity contribution in [2.24, 2.45) is 0 Å². The molecule has 7 heteroatoms. The fraction of sp³-hybridized carbons (Fsp3) is 0.100. The Morgan fingerprint density at radius 3 is 2.59 bits per heavy atom. The first-order chi connectivity index (χ1) is 13.0. The molecule has 138 valence electrons. The molecule has 0 saturated heterocycles. The smallest absolute Gasteiger partial charge is 0.260 e. The highest BCUT2D eigenvalue weighted by Gasteiger charge is 2.20. The molecule has 1 amide bonds. The number of rotatable bonds is 5. The topological polar surface area (TPSA) is 51.2 Å². The van der Waals surface area contributed by atoms with Crippen LogP contribution in [0.15, 0.2) is 54.7 Å². The summed E-state index contributed by atoms with van der Waals surface area (Å²) >= 11 is 0. The van der Waals surface area contributed by atoms with Crippen molar-refractivity contribution in [3.05, 3.63) is 88.9 Å². The van der Waals surface area contributed by atoms with Gasteiger partial charge in [0.1, 0.15) is 6.61 Å². The zero-order valence-electron chi connectivity index (χ0n) is 14.3. The van der Waals surface area contributed by atoms with Crippen LogP contribution in [-0.2, 0) is 6.61 Å². The molecular weight excluding hydrogens is 357 g/mol. The number of aryl methyl sites for hydroxylation is 1. The normalized spacial score (nSPS) is 10.5. The number of nitrogens with one attached hydrogen (secondary N) is 1. The number of benzene rings is 2. The van der Waals surface area contributed by atoms with Crippen LogP contribution < -0.4 is 10.1 Å². The summed E-state index contributed by atoms with van der Waals surface area (Å²) in [5.74, 6) is -5.31. The van der Waals surface area contributed by atoms with E-state index in [-0.39, 0.29) is 18.2 Å². The summed E-state index contributed by atoms with van der Waals surface area (Å²) in [6.45, 7) is 2.18. The highest BCUT2D eigenvalue weighted by atomic mass is 19.2. The predicted molar refractivity (Wildman–Crippen MR) is 94.0 cm³/mol. The largest absolute Gasteiger partial charge is 0.485 e. The number of hydrogen-bond acceptors (Lipinski definition) is 3. The lowest BCUT2D eigenvalue weighted by molar-refractivity contribution is 0.102. The van der Waals surface area contributed by atoms with Crippen molar-refractivity contribution < 1.29 is 22.7 Å². The molecule has 1 aromatic heterocycles. The predicted octanol–water partition coefficient (Wildman–Crippen LogP) is 4.64. The lowest BCUT2D eigenvalue weighted by Crippen LogP contribution is -2.16. The third-order valence-corrected chi connectivity index (χ3v) is 3.93. The van der Waals surface area contributed by atoms with Crippen molar-refractivity contribution in [1.82, 2.24) is 4.98 Å². The van der Waals surface area contributed by atoms with Crippen LogP contribution in [0.2, 0.25) is 0 Å². The Hall–Kier alpha value is -3.35. The van der Waals surface area contributed by atoms with E-state index in [1.165, 1.54) is 6.20 Å². The summed E-state index contributed by atoms with van der Waals surface area (Å²) in [4.78, 5) is 16.2. The number of ether oxygens (including phenoxy) is 1. The average molecular weight is 372 g/mol. The molecule has 0 saturated carbocycles. The zero-order chi connectivity index (χ0) is 19.4. The van der Waals surface area contributed by atoms with Crippen LogP contribution in [0.5, 0.6) is 5.75 Å². The van der Waals surface area contributed by atoms with Crippen molar-refractivity contribution >= 4 is 11.7 Å². The first kappa shape index (κ1) is 18.4. The van der Waals surface area contributed by atoms with E-state index in [1.807, 2.05) is 31.2 Å². The number of carbonyl (C=O) groups excluding carboxylic acids is 1. The maximum absolute atomic E-state index is 13.8. The third-order valence-electron chi connectivity index (χ3n) is 3.93. The van der Waals surface area contributed by atoms with Gasteiger partial charge in [0, 0.05) is 6.20 Å². The molecule has 0 atom stereocenters. The summed E-state index contributed by atoms with van der Waals surface area (Å²) in [7, 11) is 0. The van der Waals surface area contributed by atoms with E-state index in [1.54, 1.807) is 12.1 Å². The highest BCUT2D eigenvalue weighted by Crippen LogP contribution is 2.24. The Balaban J connectivity index is 1.79. The Kier molecular flexibility index (Phi) is 5.40. The number of carbonyl (C=O) groups is 1. The summed E-state index contributed by atoms with van der Waals surface area (Å²) < 4.78 is 45.9. The standard InChI is InChI=1S/C20H15F3N2O2/c1-12-5-2-3-6-13(12)11-27-16-7-4-10-24-19(16)25-20(26)14-8-9-15(21)18(23)17(14)22/h2-10H,11H2,1H3,(H,24,25,26). The van der Waals surface area contributed by atoms with Gasteiger partial charge in [0.25, 0.3) is 5.91 Å². The summed E-state index contributed by atoms with van der Waals surface area (Å²) in [6.07, 6.45) is 1.41. The van der Waals surface area contributed by atoms with Crippen LogP contribution in [0.4, 0.5) is 19.0 Å². The number of hydrogen-bond donors (Lipinski definition) is 1. The van der Waals surface area contributed by atoms with Crippen molar-refractivity contribution in [1.29, 1.82) is 0 Å². The molecule has 0 unspecified atom stereocenters. The van der Waals surface area contributed by atoms with Gasteiger partial charge >= 0.3 is 0 Å². The lowest BCUT2D eigenvalue weighted by Gasteiger charge is -2.13. The number of pyridine rings is 1. The minimum absolute atomic E-state index is 0.0419. The van der Waals surface area contributed by atoms with E-state index in [9.17, 15) is 18.0 Å². The SMILES string of the molecule is Cc1ccccc1COc1cccnc1NC(=O)c1ccc(F)c(F)c1F. The quantitative estimate of drug-likeness (QED) is 0.664. The molecule has 0 aliphatic heterocycles. The molecule has 27 heavy (non-hydrogen) atoms. The van der Waals surface area contributed by atoms with Crippen LogP contribution >= 0.6 is 0 Å². The summed E-state index contributed by atoms with van der Waals surface area (Å²) in [5.41, 5.74) is 1.35.